The number of carbonyl (C=O) groups is 1. The molecule has 6 N–H and O–H groups in total. The standard InChI is InChI=1S/C22H19FN4O3S/c23-19(13-14-4-3-5-16(12-14)21(24)25)22(28)27-17-10-8-15(9-11-17)18-6-1-2-7-20(18)31(26,29)30/h1-13H,(H3,24,25)(H,27,28)(H2,26,29,30)/b19-13+. The zero-order valence-corrected chi connectivity index (χ0v) is 17.0. The van der Waals surface area contributed by atoms with E-state index in [1.165, 1.54) is 24.3 Å². The molecule has 0 aliphatic carbocycles. The number of amides is 1. The maximum Gasteiger partial charge on any atom is 0.284 e. The highest BCUT2D eigenvalue weighted by Crippen LogP contribution is 2.27. The van der Waals surface area contributed by atoms with Gasteiger partial charge in [-0.05, 0) is 41.5 Å². The van der Waals surface area contributed by atoms with Gasteiger partial charge in [0.1, 0.15) is 5.84 Å². The molecule has 0 spiro atoms. The predicted molar refractivity (Wildman–Crippen MR) is 118 cm³/mol. The Balaban J connectivity index is 1.78. The highest BCUT2D eigenvalue weighted by atomic mass is 32.2. The first-order valence-corrected chi connectivity index (χ1v) is 10.5. The van der Waals surface area contributed by atoms with Crippen molar-refractivity contribution in [2.24, 2.45) is 10.9 Å². The van der Waals surface area contributed by atoms with Gasteiger partial charge in [0.25, 0.3) is 5.91 Å². The number of amidine groups is 1. The summed E-state index contributed by atoms with van der Waals surface area (Å²) in [5, 5.41) is 15.1. The first-order valence-electron chi connectivity index (χ1n) is 9.00. The number of nitrogens with two attached hydrogens (primary N) is 2. The van der Waals surface area contributed by atoms with Gasteiger partial charge in [-0.1, -0.05) is 48.5 Å². The lowest BCUT2D eigenvalue weighted by Crippen LogP contribution is -2.13. The molecule has 0 radical (unpaired) electrons. The number of benzene rings is 3. The maximum atomic E-state index is 14.3. The van der Waals surface area contributed by atoms with E-state index in [9.17, 15) is 17.6 Å². The molecule has 0 aromatic heterocycles. The average Bonchev–Trinajstić information content (AvgIpc) is 2.74. The van der Waals surface area contributed by atoms with E-state index in [1.807, 2.05) is 0 Å². The fourth-order valence-corrected chi connectivity index (χ4v) is 3.65. The Morgan fingerprint density at radius 2 is 1.68 bits per heavy atom. The van der Waals surface area contributed by atoms with Crippen LogP contribution in [0.3, 0.4) is 0 Å². The molecule has 0 fully saturated rings. The number of nitrogen functional groups attached to an aromatic ring is 1. The summed E-state index contributed by atoms with van der Waals surface area (Å²) in [6.07, 6.45) is 1.04. The van der Waals surface area contributed by atoms with Crippen LogP contribution < -0.4 is 16.2 Å². The SMILES string of the molecule is N=C(N)c1cccc(/C=C(/F)C(=O)Nc2ccc(-c3ccccc3S(N)(=O)=O)cc2)c1. The zero-order valence-electron chi connectivity index (χ0n) is 16.2. The van der Waals surface area contributed by atoms with E-state index in [0.717, 1.165) is 6.08 Å². The first kappa shape index (κ1) is 21.9. The number of hydrogen-bond acceptors (Lipinski definition) is 4. The summed E-state index contributed by atoms with van der Waals surface area (Å²) in [6.45, 7) is 0. The highest BCUT2D eigenvalue weighted by Gasteiger charge is 2.15. The van der Waals surface area contributed by atoms with Crippen molar-refractivity contribution in [3.8, 4) is 11.1 Å². The van der Waals surface area contributed by atoms with Gasteiger partial charge in [0.05, 0.1) is 4.90 Å². The van der Waals surface area contributed by atoms with Crippen LogP contribution in [0, 0.1) is 5.41 Å². The number of rotatable bonds is 6. The van der Waals surface area contributed by atoms with E-state index in [0.29, 0.717) is 27.9 Å². The quantitative estimate of drug-likeness (QED) is 0.266. The highest BCUT2D eigenvalue weighted by molar-refractivity contribution is 7.89. The average molecular weight is 438 g/mol. The molecule has 3 aromatic rings. The summed E-state index contributed by atoms with van der Waals surface area (Å²) in [6, 6.07) is 18.8. The van der Waals surface area contributed by atoms with Gasteiger partial charge in [-0.2, -0.15) is 0 Å². The monoisotopic (exact) mass is 438 g/mol. The molecule has 158 valence electrons. The number of sulfonamides is 1. The van der Waals surface area contributed by atoms with Crippen molar-refractivity contribution in [3.63, 3.8) is 0 Å². The van der Waals surface area contributed by atoms with Gasteiger partial charge < -0.3 is 11.1 Å². The lowest BCUT2D eigenvalue weighted by molar-refractivity contribution is -0.114. The van der Waals surface area contributed by atoms with Crippen molar-refractivity contribution in [1.82, 2.24) is 0 Å². The lowest BCUT2D eigenvalue weighted by atomic mass is 10.1. The third-order valence-corrected chi connectivity index (χ3v) is 5.32. The van der Waals surface area contributed by atoms with E-state index in [-0.39, 0.29) is 10.7 Å². The number of halogens is 1. The van der Waals surface area contributed by atoms with Gasteiger partial charge in [-0.15, -0.1) is 0 Å². The van der Waals surface area contributed by atoms with E-state index >= 15 is 0 Å². The molecular formula is C22H19FN4O3S. The third-order valence-electron chi connectivity index (χ3n) is 4.36. The van der Waals surface area contributed by atoms with Gasteiger partial charge >= 0.3 is 0 Å². The molecule has 31 heavy (non-hydrogen) atoms. The second kappa shape index (κ2) is 8.90. The maximum absolute atomic E-state index is 14.3. The van der Waals surface area contributed by atoms with Crippen molar-refractivity contribution < 1.29 is 17.6 Å². The van der Waals surface area contributed by atoms with Crippen molar-refractivity contribution in [2.45, 2.75) is 4.90 Å². The van der Waals surface area contributed by atoms with Gasteiger partial charge in [-0.3, -0.25) is 10.2 Å². The number of anilines is 1. The van der Waals surface area contributed by atoms with Crippen molar-refractivity contribution in [2.75, 3.05) is 5.32 Å². The summed E-state index contributed by atoms with van der Waals surface area (Å²) in [4.78, 5) is 12.1. The summed E-state index contributed by atoms with van der Waals surface area (Å²) in [5.74, 6) is -2.14. The molecule has 0 unspecified atom stereocenters. The zero-order chi connectivity index (χ0) is 22.6. The van der Waals surface area contributed by atoms with Gasteiger partial charge in [0.15, 0.2) is 5.83 Å². The molecule has 0 saturated carbocycles. The Hall–Kier alpha value is -3.82. The summed E-state index contributed by atoms with van der Waals surface area (Å²) in [5.41, 5.74) is 7.52. The summed E-state index contributed by atoms with van der Waals surface area (Å²) < 4.78 is 37.9. The van der Waals surface area contributed by atoms with E-state index in [1.54, 1.807) is 48.5 Å². The number of carbonyl (C=O) groups excluding carboxylic acids is 1. The minimum absolute atomic E-state index is 0.0199. The lowest BCUT2D eigenvalue weighted by Gasteiger charge is -2.09. The molecule has 0 saturated heterocycles. The predicted octanol–water partition coefficient (Wildman–Crippen LogP) is 3.23. The van der Waals surface area contributed by atoms with Crippen LogP contribution in [0.25, 0.3) is 17.2 Å². The van der Waals surface area contributed by atoms with Crippen molar-refractivity contribution in [1.29, 1.82) is 5.41 Å². The van der Waals surface area contributed by atoms with Crippen LogP contribution >= 0.6 is 0 Å². The van der Waals surface area contributed by atoms with Crippen molar-refractivity contribution in [3.05, 3.63) is 89.8 Å². The molecule has 7 nitrogen and oxygen atoms in total. The molecule has 3 rings (SSSR count). The van der Waals surface area contributed by atoms with E-state index in [2.05, 4.69) is 5.32 Å². The molecule has 3 aromatic carbocycles. The minimum atomic E-state index is -3.91. The Morgan fingerprint density at radius 1 is 1.00 bits per heavy atom. The molecule has 1 amide bonds. The Labute approximate surface area is 178 Å². The molecule has 0 atom stereocenters. The van der Waals surface area contributed by atoms with Crippen LogP contribution in [-0.2, 0) is 14.8 Å². The van der Waals surface area contributed by atoms with Crippen LogP contribution in [0.1, 0.15) is 11.1 Å². The van der Waals surface area contributed by atoms with Crippen LogP contribution in [0.5, 0.6) is 0 Å². The molecule has 9 heteroatoms. The van der Waals surface area contributed by atoms with Crippen molar-refractivity contribution >= 4 is 33.5 Å². The smallest absolute Gasteiger partial charge is 0.284 e. The largest absolute Gasteiger partial charge is 0.384 e. The number of hydrogen-bond donors (Lipinski definition) is 4. The Bertz CT molecular complexity index is 1290. The summed E-state index contributed by atoms with van der Waals surface area (Å²) in [7, 11) is -3.91. The molecule has 0 heterocycles. The second-order valence-corrected chi connectivity index (χ2v) is 8.13. The molecular weight excluding hydrogens is 419 g/mol. The Morgan fingerprint density at radius 3 is 2.32 bits per heavy atom. The number of primary sulfonamides is 1. The second-order valence-electron chi connectivity index (χ2n) is 6.60. The van der Waals surface area contributed by atoms with E-state index < -0.39 is 21.8 Å². The van der Waals surface area contributed by atoms with Gasteiger partial charge in [0.2, 0.25) is 10.0 Å². The first-order chi connectivity index (χ1) is 14.6. The van der Waals surface area contributed by atoms with Gasteiger partial charge in [0, 0.05) is 16.8 Å². The number of nitrogens with one attached hydrogen (secondary N) is 2. The topological polar surface area (TPSA) is 139 Å². The van der Waals surface area contributed by atoms with Crippen LogP contribution in [0.15, 0.2) is 83.5 Å². The fourth-order valence-electron chi connectivity index (χ4n) is 2.89. The molecule has 0 bridgehead atoms. The fraction of sp³-hybridized carbons (Fsp3) is 0. The Kier molecular flexibility index (Phi) is 6.28. The molecule has 0 aliphatic rings. The van der Waals surface area contributed by atoms with Crippen LogP contribution in [-0.4, -0.2) is 20.2 Å². The molecule has 0 aliphatic heterocycles. The minimum Gasteiger partial charge on any atom is -0.384 e. The van der Waals surface area contributed by atoms with Gasteiger partial charge in [-0.25, -0.2) is 17.9 Å². The van der Waals surface area contributed by atoms with Crippen LogP contribution in [0.2, 0.25) is 0 Å². The van der Waals surface area contributed by atoms with E-state index in [4.69, 9.17) is 16.3 Å². The normalized spacial score (nSPS) is 11.7. The van der Waals surface area contributed by atoms with Crippen LogP contribution in [0.4, 0.5) is 10.1 Å². The summed E-state index contributed by atoms with van der Waals surface area (Å²) >= 11 is 0. The third kappa shape index (κ3) is 5.41.